The molecule has 0 aliphatic carbocycles. The Bertz CT molecular complexity index is 841. The number of β-amino-alcohol motifs (C(OH)–C–C–N with tert-alkyl or cyclic N) is 1. The maximum atomic E-state index is 12.1. The largest absolute Gasteiger partial charge is 0.384 e. The number of aliphatic hydroxyl groups is 1. The molecule has 0 saturated carbocycles. The third-order valence-corrected chi connectivity index (χ3v) is 5.15. The lowest BCUT2D eigenvalue weighted by Crippen LogP contribution is -2.32. The summed E-state index contributed by atoms with van der Waals surface area (Å²) in [6.45, 7) is 4.26. The summed E-state index contributed by atoms with van der Waals surface area (Å²) < 4.78 is 0. The molecule has 1 saturated heterocycles. The topological polar surface area (TPSA) is 76.4 Å². The highest BCUT2D eigenvalue weighted by molar-refractivity contribution is 5.90. The first-order chi connectivity index (χ1) is 13.0. The number of nitrogens with one attached hydrogen (secondary N) is 1. The number of anilines is 1. The predicted molar refractivity (Wildman–Crippen MR) is 105 cm³/mol. The second-order valence-electron chi connectivity index (χ2n) is 7.21. The zero-order valence-corrected chi connectivity index (χ0v) is 15.6. The molecule has 1 atom stereocenters. The molecule has 1 aliphatic heterocycles. The average molecular weight is 363 g/mol. The Morgan fingerprint density at radius 3 is 2.70 bits per heavy atom. The summed E-state index contributed by atoms with van der Waals surface area (Å²) in [5.74, 6) is -0.0342. The molecule has 5 heteroatoms. The van der Waals surface area contributed by atoms with Gasteiger partial charge in [0.05, 0.1) is 11.6 Å². The summed E-state index contributed by atoms with van der Waals surface area (Å²) in [6.07, 6.45) is 1.89. The van der Waals surface area contributed by atoms with Crippen LogP contribution in [-0.2, 0) is 10.4 Å². The Labute approximate surface area is 160 Å². The molecule has 0 aromatic heterocycles. The molecule has 27 heavy (non-hydrogen) atoms. The van der Waals surface area contributed by atoms with Gasteiger partial charge < -0.3 is 10.4 Å². The fraction of sp³-hybridized carbons (Fsp3) is 0.364. The van der Waals surface area contributed by atoms with Crippen molar-refractivity contribution in [3.8, 4) is 6.07 Å². The van der Waals surface area contributed by atoms with Crippen LogP contribution in [0.1, 0.15) is 36.0 Å². The highest BCUT2D eigenvalue weighted by Crippen LogP contribution is 2.33. The van der Waals surface area contributed by atoms with Gasteiger partial charge in [0.2, 0.25) is 5.91 Å². The number of likely N-dealkylation sites (tertiary alicyclic amines) is 1. The Morgan fingerprint density at radius 2 is 2.00 bits per heavy atom. The van der Waals surface area contributed by atoms with Crippen molar-refractivity contribution in [3.63, 3.8) is 0 Å². The number of carbonyl (C=O) groups is 1. The van der Waals surface area contributed by atoms with E-state index in [0.717, 1.165) is 37.1 Å². The molecule has 140 valence electrons. The second kappa shape index (κ2) is 8.34. The number of hydrogen-bond acceptors (Lipinski definition) is 4. The van der Waals surface area contributed by atoms with E-state index in [2.05, 4.69) is 16.3 Å². The summed E-state index contributed by atoms with van der Waals surface area (Å²) >= 11 is 0. The van der Waals surface area contributed by atoms with Crippen LogP contribution in [0.25, 0.3) is 0 Å². The van der Waals surface area contributed by atoms with Crippen molar-refractivity contribution in [2.75, 3.05) is 25.0 Å². The molecule has 0 unspecified atom stereocenters. The minimum absolute atomic E-state index is 0.0342. The fourth-order valence-electron chi connectivity index (χ4n) is 3.69. The van der Waals surface area contributed by atoms with Crippen molar-refractivity contribution < 1.29 is 9.90 Å². The zero-order chi connectivity index (χ0) is 19.3. The van der Waals surface area contributed by atoms with E-state index >= 15 is 0 Å². The van der Waals surface area contributed by atoms with Gasteiger partial charge in [-0.25, -0.2) is 0 Å². The lowest BCUT2D eigenvalue weighted by Gasteiger charge is -2.25. The monoisotopic (exact) mass is 363 g/mol. The zero-order valence-electron chi connectivity index (χ0n) is 15.6. The fourth-order valence-corrected chi connectivity index (χ4v) is 3.69. The third kappa shape index (κ3) is 4.73. The van der Waals surface area contributed by atoms with Crippen molar-refractivity contribution in [1.29, 1.82) is 5.26 Å². The Morgan fingerprint density at radius 1 is 1.26 bits per heavy atom. The van der Waals surface area contributed by atoms with Gasteiger partial charge in [-0.05, 0) is 61.7 Å². The van der Waals surface area contributed by atoms with Crippen LogP contribution in [0.5, 0.6) is 0 Å². The molecule has 1 amide bonds. The first kappa shape index (κ1) is 19.1. The normalized spacial score (nSPS) is 19.6. The van der Waals surface area contributed by atoms with Crippen LogP contribution >= 0.6 is 0 Å². The van der Waals surface area contributed by atoms with E-state index in [-0.39, 0.29) is 5.91 Å². The van der Waals surface area contributed by atoms with Gasteiger partial charge in [0.1, 0.15) is 5.60 Å². The minimum Gasteiger partial charge on any atom is -0.384 e. The quantitative estimate of drug-likeness (QED) is 0.826. The van der Waals surface area contributed by atoms with Gasteiger partial charge >= 0.3 is 0 Å². The van der Waals surface area contributed by atoms with Crippen LogP contribution in [-0.4, -0.2) is 35.5 Å². The van der Waals surface area contributed by atoms with E-state index in [4.69, 9.17) is 5.26 Å². The standard InChI is InChI=1S/C22H25N3O2/c1-17-5-2-3-6-20(17)22(27)12-14-25(16-22)13-4-7-21(26)24-19-10-8-18(15-23)9-11-19/h2-3,5-6,8-11,27H,4,7,12-14,16H2,1H3,(H,24,26)/t22-/m1/s1. The Balaban J connectivity index is 1.45. The van der Waals surface area contributed by atoms with Gasteiger partial charge in [-0.3, -0.25) is 9.69 Å². The van der Waals surface area contributed by atoms with E-state index < -0.39 is 5.60 Å². The van der Waals surface area contributed by atoms with E-state index in [1.54, 1.807) is 24.3 Å². The first-order valence-corrected chi connectivity index (χ1v) is 9.31. The summed E-state index contributed by atoms with van der Waals surface area (Å²) in [6, 6.07) is 16.9. The van der Waals surface area contributed by atoms with E-state index in [1.807, 2.05) is 31.2 Å². The number of amides is 1. The Kier molecular flexibility index (Phi) is 5.90. The van der Waals surface area contributed by atoms with Crippen LogP contribution in [0.4, 0.5) is 5.69 Å². The Hall–Kier alpha value is -2.68. The molecule has 5 nitrogen and oxygen atoms in total. The second-order valence-corrected chi connectivity index (χ2v) is 7.21. The van der Waals surface area contributed by atoms with Crippen molar-refractivity contribution >= 4 is 11.6 Å². The van der Waals surface area contributed by atoms with Crippen molar-refractivity contribution in [2.45, 2.75) is 31.8 Å². The van der Waals surface area contributed by atoms with Gasteiger partial charge in [-0.2, -0.15) is 5.26 Å². The molecule has 3 rings (SSSR count). The maximum Gasteiger partial charge on any atom is 0.224 e. The molecule has 0 spiro atoms. The lowest BCUT2D eigenvalue weighted by atomic mass is 9.89. The molecule has 2 aromatic rings. The van der Waals surface area contributed by atoms with Crippen LogP contribution in [0.3, 0.4) is 0 Å². The number of nitrogens with zero attached hydrogens (tertiary/aromatic N) is 2. The van der Waals surface area contributed by atoms with Crippen molar-refractivity contribution in [2.24, 2.45) is 0 Å². The smallest absolute Gasteiger partial charge is 0.224 e. The van der Waals surface area contributed by atoms with Crippen LogP contribution in [0.15, 0.2) is 48.5 Å². The molecule has 1 fully saturated rings. The van der Waals surface area contributed by atoms with E-state index in [0.29, 0.717) is 24.2 Å². The molecule has 2 aromatic carbocycles. The molecule has 1 aliphatic rings. The molecular weight excluding hydrogens is 338 g/mol. The molecule has 1 heterocycles. The highest BCUT2D eigenvalue weighted by atomic mass is 16.3. The lowest BCUT2D eigenvalue weighted by molar-refractivity contribution is -0.116. The summed E-state index contributed by atoms with van der Waals surface area (Å²) in [5.41, 5.74) is 2.60. The minimum atomic E-state index is -0.796. The average Bonchev–Trinajstić information content (AvgIpc) is 3.05. The number of benzene rings is 2. The molecule has 2 N–H and O–H groups in total. The number of carbonyl (C=O) groups excluding carboxylic acids is 1. The van der Waals surface area contributed by atoms with Crippen molar-refractivity contribution in [3.05, 3.63) is 65.2 Å². The number of aryl methyl sites for hydroxylation is 1. The van der Waals surface area contributed by atoms with Crippen molar-refractivity contribution in [1.82, 2.24) is 4.90 Å². The summed E-state index contributed by atoms with van der Waals surface area (Å²) in [4.78, 5) is 14.3. The number of rotatable bonds is 6. The van der Waals surface area contributed by atoms with Crippen LogP contribution in [0.2, 0.25) is 0 Å². The van der Waals surface area contributed by atoms with Gasteiger partial charge in [-0.1, -0.05) is 24.3 Å². The molecular formula is C22H25N3O2. The van der Waals surface area contributed by atoms with Gasteiger partial charge in [-0.15, -0.1) is 0 Å². The maximum absolute atomic E-state index is 12.1. The van der Waals surface area contributed by atoms with Gasteiger partial charge in [0.25, 0.3) is 0 Å². The first-order valence-electron chi connectivity index (χ1n) is 9.31. The summed E-state index contributed by atoms with van der Waals surface area (Å²) in [7, 11) is 0. The molecule has 0 bridgehead atoms. The van der Waals surface area contributed by atoms with Gasteiger partial charge in [0.15, 0.2) is 0 Å². The van der Waals surface area contributed by atoms with Crippen LogP contribution < -0.4 is 5.32 Å². The number of hydrogen-bond donors (Lipinski definition) is 2. The third-order valence-electron chi connectivity index (χ3n) is 5.15. The van der Waals surface area contributed by atoms with E-state index in [1.165, 1.54) is 0 Å². The van der Waals surface area contributed by atoms with Gasteiger partial charge in [0, 0.05) is 25.2 Å². The van der Waals surface area contributed by atoms with E-state index in [9.17, 15) is 9.90 Å². The van der Waals surface area contributed by atoms with Crippen LogP contribution in [0, 0.1) is 18.3 Å². The SMILES string of the molecule is Cc1ccccc1[C@@]1(O)CCN(CCCC(=O)Nc2ccc(C#N)cc2)C1. The highest BCUT2D eigenvalue weighted by Gasteiger charge is 2.38. The summed E-state index contributed by atoms with van der Waals surface area (Å²) in [5, 5.41) is 22.7. The molecule has 0 radical (unpaired) electrons. The number of nitriles is 1. The predicted octanol–water partition coefficient (Wildman–Crippen LogP) is 3.18.